The van der Waals surface area contributed by atoms with E-state index in [1.165, 1.54) is 27.7 Å². The van der Waals surface area contributed by atoms with Gasteiger partial charge in [0.1, 0.15) is 0 Å². The molecule has 5 heterocycles. The van der Waals surface area contributed by atoms with Crippen LogP contribution >= 0.6 is 0 Å². The molecule has 1 aliphatic rings. The Kier molecular flexibility index (Phi) is 10.8. The maximum atomic E-state index is 12.2. The highest BCUT2D eigenvalue weighted by atomic mass is 16.2. The van der Waals surface area contributed by atoms with Crippen molar-refractivity contribution in [3.63, 3.8) is 0 Å². The van der Waals surface area contributed by atoms with E-state index < -0.39 is 0 Å². The van der Waals surface area contributed by atoms with Gasteiger partial charge in [0.15, 0.2) is 0 Å². The molecule has 316 valence electrons. The number of nitrogens with one attached hydrogen (secondary N) is 8. The number of aromatic amines is 4. The number of anilines is 4. The molecule has 0 unspecified atom stereocenters. The zero-order chi connectivity index (χ0) is 44.5. The van der Waals surface area contributed by atoms with Crippen molar-refractivity contribution in [1.29, 1.82) is 0 Å². The summed E-state index contributed by atoms with van der Waals surface area (Å²) in [6.45, 7) is 5.94. The summed E-state index contributed by atoms with van der Waals surface area (Å²) in [6, 6.07) is 47.3. The summed E-state index contributed by atoms with van der Waals surface area (Å²) < 4.78 is 0. The van der Waals surface area contributed by atoms with E-state index in [2.05, 4.69) is 41.2 Å². The summed E-state index contributed by atoms with van der Waals surface area (Å²) in [7, 11) is 0. The van der Waals surface area contributed by atoms with E-state index in [1.807, 2.05) is 146 Å². The number of carbonyl (C=O) groups is 4. The van der Waals surface area contributed by atoms with Gasteiger partial charge in [-0.2, -0.15) is 0 Å². The van der Waals surface area contributed by atoms with Gasteiger partial charge in [0.2, 0.25) is 23.6 Å². The second-order valence-corrected chi connectivity index (χ2v) is 15.7. The smallest absolute Gasteiger partial charge is 0.221 e. The quantitative estimate of drug-likeness (QED) is 0.0918. The molecule has 1 aliphatic heterocycles. The molecule has 4 amide bonds. The van der Waals surface area contributed by atoms with Crippen LogP contribution in [0.3, 0.4) is 0 Å². The summed E-state index contributed by atoms with van der Waals surface area (Å²) in [6.07, 6.45) is 0. The molecule has 8 aromatic rings. The van der Waals surface area contributed by atoms with Crippen LogP contribution in [0, 0.1) is 0 Å². The zero-order valence-electron chi connectivity index (χ0n) is 35.5. The monoisotopic (exact) mass is 844 g/mol. The molecule has 0 saturated heterocycles. The third-order valence-corrected chi connectivity index (χ3v) is 10.8. The normalized spacial score (nSPS) is 12.2. The Labute approximate surface area is 367 Å². The molecule has 0 saturated carbocycles. The minimum Gasteiger partial charge on any atom is -0.354 e. The van der Waals surface area contributed by atoms with Gasteiger partial charge in [0.05, 0.1) is 0 Å². The highest BCUT2D eigenvalue weighted by molar-refractivity contribution is 5.93. The van der Waals surface area contributed by atoms with Gasteiger partial charge in [-0.05, 0) is 119 Å². The predicted molar refractivity (Wildman–Crippen MR) is 251 cm³/mol. The van der Waals surface area contributed by atoms with Crippen LogP contribution in [0.4, 0.5) is 22.7 Å². The SMILES string of the molecule is CC(=O)Nc1cccc(C2=c3ccc([nH]3)=C(c3cccc(NC(C)=O)c3)c3ccc([nH]3)C(c3cccc(NC(C)=O)c3)=c3ccc([nH]3)=C(c3cccc(NC(C)=O)c3)c3ccc2[nH]3)c1. The Balaban J connectivity index is 1.40. The Bertz CT molecular complexity index is 2990. The standard InChI is InChI=1S/C52H44N8O4/c1-29(61)53-37-13-5-9-33(25-37)49-41-17-19-43(57-41)50(34-10-6-14-38(26-34)54-30(2)62)45-21-23-47(59-45)52(36-12-8-16-40(28-36)56-32(4)64)48-24-22-46(60-48)51(44-20-18-42(49)58-44)35-11-7-15-39(27-35)55-31(3)63/h5-28,57-60H,1-4H3,(H,53,61)(H,54,62)(H,55,63)(H,56,64). The van der Waals surface area contributed by atoms with E-state index in [4.69, 9.17) is 0 Å². The van der Waals surface area contributed by atoms with Crippen molar-refractivity contribution in [2.75, 3.05) is 21.3 Å². The van der Waals surface area contributed by atoms with Gasteiger partial charge >= 0.3 is 0 Å². The molecule has 0 radical (unpaired) electrons. The molecule has 4 aromatic carbocycles. The number of benzene rings is 4. The first kappa shape index (κ1) is 40.7. The highest BCUT2D eigenvalue weighted by Crippen LogP contribution is 2.30. The molecule has 64 heavy (non-hydrogen) atoms. The van der Waals surface area contributed by atoms with Gasteiger partial charge in [-0.25, -0.2) is 0 Å². The molecule has 9 rings (SSSR count). The number of rotatable bonds is 8. The third kappa shape index (κ3) is 8.48. The number of carbonyl (C=O) groups excluding carboxylic acids is 4. The summed E-state index contributed by atoms with van der Waals surface area (Å²) in [5.74, 6) is -0.713. The van der Waals surface area contributed by atoms with E-state index in [-0.39, 0.29) is 23.6 Å². The number of H-pyrrole nitrogens is 4. The minimum absolute atomic E-state index is 0.178. The van der Waals surface area contributed by atoms with Crippen LogP contribution in [0.25, 0.3) is 22.3 Å². The number of hydrogen-bond acceptors (Lipinski definition) is 4. The van der Waals surface area contributed by atoms with Crippen LogP contribution in [0.15, 0.2) is 146 Å². The summed E-state index contributed by atoms with van der Waals surface area (Å²) in [4.78, 5) is 64.0. The lowest BCUT2D eigenvalue weighted by atomic mass is 10.0. The lowest BCUT2D eigenvalue weighted by Crippen LogP contribution is -2.19. The van der Waals surface area contributed by atoms with Crippen LogP contribution in [-0.4, -0.2) is 43.6 Å². The first-order chi connectivity index (χ1) is 30.9. The van der Waals surface area contributed by atoms with Crippen LogP contribution in [0.1, 0.15) is 72.7 Å². The largest absolute Gasteiger partial charge is 0.354 e. The highest BCUT2D eigenvalue weighted by Gasteiger charge is 2.19. The van der Waals surface area contributed by atoms with Gasteiger partial charge in [0, 0.05) is 117 Å². The summed E-state index contributed by atoms with van der Waals surface area (Å²) in [5, 5.41) is 14.9. The van der Waals surface area contributed by atoms with Crippen molar-refractivity contribution in [2.24, 2.45) is 0 Å². The van der Waals surface area contributed by atoms with Crippen molar-refractivity contribution in [3.8, 4) is 0 Å². The summed E-state index contributed by atoms with van der Waals surface area (Å²) in [5.41, 5.74) is 12.6. The lowest BCUT2D eigenvalue weighted by molar-refractivity contribution is -0.115. The van der Waals surface area contributed by atoms with Crippen molar-refractivity contribution in [2.45, 2.75) is 27.7 Å². The van der Waals surface area contributed by atoms with E-state index in [1.54, 1.807) is 0 Å². The fourth-order valence-corrected chi connectivity index (χ4v) is 8.39. The first-order valence-corrected chi connectivity index (χ1v) is 20.7. The van der Waals surface area contributed by atoms with Gasteiger partial charge < -0.3 is 41.2 Å². The Morgan fingerprint density at radius 3 is 0.766 bits per heavy atom. The molecule has 0 aliphatic carbocycles. The Hall–Kier alpha value is -8.64. The van der Waals surface area contributed by atoms with E-state index in [9.17, 15) is 19.2 Å². The number of aromatic nitrogens is 4. The number of hydrogen-bond donors (Lipinski definition) is 8. The zero-order valence-corrected chi connectivity index (χ0v) is 35.5. The minimum atomic E-state index is -0.178. The molecule has 0 spiro atoms. The molecule has 12 nitrogen and oxygen atoms in total. The van der Waals surface area contributed by atoms with Crippen molar-refractivity contribution >= 4 is 68.7 Å². The van der Waals surface area contributed by atoms with Crippen LogP contribution in [-0.2, 0) is 19.2 Å². The van der Waals surface area contributed by atoms with E-state index in [0.29, 0.717) is 22.7 Å². The van der Waals surface area contributed by atoms with Gasteiger partial charge in [-0.15, -0.1) is 0 Å². The van der Waals surface area contributed by atoms with E-state index >= 15 is 0 Å². The van der Waals surface area contributed by atoms with Gasteiger partial charge in [-0.3, -0.25) is 19.2 Å². The second kappa shape index (κ2) is 17.0. The molecule has 0 atom stereocenters. The molecule has 0 fully saturated rings. The average molecular weight is 845 g/mol. The lowest BCUT2D eigenvalue weighted by Gasteiger charge is -2.12. The molecular weight excluding hydrogens is 801 g/mol. The van der Waals surface area contributed by atoms with E-state index in [0.717, 1.165) is 88.7 Å². The first-order valence-electron chi connectivity index (χ1n) is 20.7. The van der Waals surface area contributed by atoms with Gasteiger partial charge in [0.25, 0.3) is 0 Å². The molecular formula is C52H44N8O4. The maximum Gasteiger partial charge on any atom is 0.221 e. The van der Waals surface area contributed by atoms with Crippen molar-refractivity contribution < 1.29 is 19.2 Å². The molecule has 12 heteroatoms. The molecule has 4 aromatic heterocycles. The third-order valence-electron chi connectivity index (χ3n) is 10.8. The van der Waals surface area contributed by atoms with Crippen LogP contribution < -0.4 is 42.7 Å². The molecule has 8 bridgehead atoms. The average Bonchev–Trinajstić information content (AvgIpc) is 4.09. The topological polar surface area (TPSA) is 180 Å². The van der Waals surface area contributed by atoms with Crippen LogP contribution in [0.5, 0.6) is 0 Å². The summed E-state index contributed by atoms with van der Waals surface area (Å²) >= 11 is 0. The fraction of sp³-hybridized carbons (Fsp3) is 0.0769. The van der Waals surface area contributed by atoms with Crippen molar-refractivity contribution in [1.82, 2.24) is 19.9 Å². The molecule has 8 N–H and O–H groups in total. The Morgan fingerprint density at radius 1 is 0.312 bits per heavy atom. The van der Waals surface area contributed by atoms with Crippen LogP contribution in [0.2, 0.25) is 0 Å². The maximum absolute atomic E-state index is 12.2. The van der Waals surface area contributed by atoms with Crippen molar-refractivity contribution in [3.05, 3.63) is 212 Å². The fourth-order valence-electron chi connectivity index (χ4n) is 8.39. The number of fused-ring (bicyclic) bond motifs is 8. The Morgan fingerprint density at radius 2 is 0.547 bits per heavy atom. The number of amides is 4. The van der Waals surface area contributed by atoms with Gasteiger partial charge in [-0.1, -0.05) is 48.5 Å². The predicted octanol–water partition coefficient (Wildman–Crippen LogP) is 6.14. The second-order valence-electron chi connectivity index (χ2n) is 15.7.